The van der Waals surface area contributed by atoms with Crippen molar-refractivity contribution in [2.24, 2.45) is 0 Å². The molecule has 3 heteroatoms. The predicted octanol–water partition coefficient (Wildman–Crippen LogP) is 0.585. The zero-order valence-corrected chi connectivity index (χ0v) is 9.13. The fourth-order valence-electron chi connectivity index (χ4n) is 2.93. The lowest BCUT2D eigenvalue weighted by atomic mass is 9.89. The third-order valence-electron chi connectivity index (χ3n) is 3.93. The van der Waals surface area contributed by atoms with E-state index in [9.17, 15) is 5.11 Å². The minimum Gasteiger partial charge on any atom is -0.394 e. The SMILES string of the molecule is CN1CCCC1CC1(CO)CCCN1. The molecule has 0 amide bonds. The molecule has 0 radical (unpaired) electrons. The standard InChI is InChI=1S/C11H22N2O/c1-13-7-2-4-10(13)8-11(9-14)5-3-6-12-11/h10,12,14H,2-9H2,1H3. The Morgan fingerprint density at radius 2 is 2.36 bits per heavy atom. The van der Waals surface area contributed by atoms with E-state index < -0.39 is 0 Å². The van der Waals surface area contributed by atoms with E-state index in [2.05, 4.69) is 17.3 Å². The summed E-state index contributed by atoms with van der Waals surface area (Å²) in [7, 11) is 2.21. The Balaban J connectivity index is 1.93. The van der Waals surface area contributed by atoms with E-state index in [1.807, 2.05) is 0 Å². The van der Waals surface area contributed by atoms with Gasteiger partial charge >= 0.3 is 0 Å². The molecule has 2 unspecified atom stereocenters. The highest BCUT2D eigenvalue weighted by Gasteiger charge is 2.37. The van der Waals surface area contributed by atoms with Crippen LogP contribution in [0.15, 0.2) is 0 Å². The number of nitrogens with zero attached hydrogens (tertiary/aromatic N) is 1. The monoisotopic (exact) mass is 198 g/mol. The van der Waals surface area contributed by atoms with Crippen molar-refractivity contribution in [3.63, 3.8) is 0 Å². The summed E-state index contributed by atoms with van der Waals surface area (Å²) < 4.78 is 0. The first-order chi connectivity index (χ1) is 6.76. The average Bonchev–Trinajstić information content (AvgIpc) is 2.79. The van der Waals surface area contributed by atoms with Crippen LogP contribution in [0.5, 0.6) is 0 Å². The average molecular weight is 198 g/mol. The summed E-state index contributed by atoms with van der Waals surface area (Å²) in [5.74, 6) is 0. The minimum absolute atomic E-state index is 0.0449. The van der Waals surface area contributed by atoms with Crippen molar-refractivity contribution in [1.29, 1.82) is 0 Å². The first-order valence-corrected chi connectivity index (χ1v) is 5.82. The number of hydrogen-bond donors (Lipinski definition) is 2. The lowest BCUT2D eigenvalue weighted by Gasteiger charge is -2.32. The van der Waals surface area contributed by atoms with Gasteiger partial charge < -0.3 is 15.3 Å². The van der Waals surface area contributed by atoms with Gasteiger partial charge in [0, 0.05) is 11.6 Å². The Bertz CT molecular complexity index is 190. The van der Waals surface area contributed by atoms with Crippen LogP contribution in [0.3, 0.4) is 0 Å². The molecule has 2 aliphatic rings. The van der Waals surface area contributed by atoms with Crippen LogP contribution in [-0.2, 0) is 0 Å². The van der Waals surface area contributed by atoms with E-state index in [1.165, 1.54) is 25.8 Å². The zero-order valence-electron chi connectivity index (χ0n) is 9.13. The first kappa shape index (κ1) is 10.4. The second-order valence-electron chi connectivity index (χ2n) is 4.95. The smallest absolute Gasteiger partial charge is 0.0613 e. The zero-order chi connectivity index (χ0) is 10.0. The number of rotatable bonds is 3. The molecule has 0 aromatic rings. The van der Waals surface area contributed by atoms with Gasteiger partial charge in [-0.1, -0.05) is 0 Å². The van der Waals surface area contributed by atoms with E-state index in [4.69, 9.17) is 0 Å². The maximum absolute atomic E-state index is 9.48. The van der Waals surface area contributed by atoms with Crippen molar-refractivity contribution in [3.8, 4) is 0 Å². The summed E-state index contributed by atoms with van der Waals surface area (Å²) in [6.45, 7) is 2.61. The number of nitrogens with one attached hydrogen (secondary N) is 1. The topological polar surface area (TPSA) is 35.5 Å². The number of hydrogen-bond acceptors (Lipinski definition) is 3. The van der Waals surface area contributed by atoms with Crippen molar-refractivity contribution in [1.82, 2.24) is 10.2 Å². The van der Waals surface area contributed by atoms with Crippen LogP contribution in [0.25, 0.3) is 0 Å². The quantitative estimate of drug-likeness (QED) is 0.696. The number of aliphatic hydroxyl groups is 1. The lowest BCUT2D eigenvalue weighted by molar-refractivity contribution is 0.137. The Hall–Kier alpha value is -0.120. The molecule has 0 aromatic carbocycles. The molecule has 2 saturated heterocycles. The molecule has 3 nitrogen and oxygen atoms in total. The Labute approximate surface area is 86.5 Å². The molecule has 0 spiro atoms. The van der Waals surface area contributed by atoms with Crippen LogP contribution in [0, 0.1) is 0 Å². The normalized spacial score (nSPS) is 39.4. The number of likely N-dealkylation sites (tertiary alicyclic amines) is 1. The molecule has 2 N–H and O–H groups in total. The van der Waals surface area contributed by atoms with Crippen LogP contribution in [0.4, 0.5) is 0 Å². The summed E-state index contributed by atoms with van der Waals surface area (Å²) in [5, 5.41) is 13.0. The van der Waals surface area contributed by atoms with Crippen molar-refractivity contribution in [2.75, 3.05) is 26.7 Å². The maximum Gasteiger partial charge on any atom is 0.0613 e. The summed E-state index contributed by atoms with van der Waals surface area (Å²) in [6.07, 6.45) is 6.12. The van der Waals surface area contributed by atoms with Crippen LogP contribution in [0.1, 0.15) is 32.1 Å². The second kappa shape index (κ2) is 4.17. The van der Waals surface area contributed by atoms with Crippen LogP contribution in [0.2, 0.25) is 0 Å². The van der Waals surface area contributed by atoms with E-state index in [0.29, 0.717) is 12.6 Å². The van der Waals surface area contributed by atoms with Crippen molar-refractivity contribution in [3.05, 3.63) is 0 Å². The molecule has 0 aromatic heterocycles. The van der Waals surface area contributed by atoms with Gasteiger partial charge in [-0.15, -0.1) is 0 Å². The van der Waals surface area contributed by atoms with Crippen molar-refractivity contribution >= 4 is 0 Å². The van der Waals surface area contributed by atoms with Gasteiger partial charge in [-0.05, 0) is 52.2 Å². The van der Waals surface area contributed by atoms with Crippen LogP contribution >= 0.6 is 0 Å². The number of aliphatic hydroxyl groups excluding tert-OH is 1. The fourth-order valence-corrected chi connectivity index (χ4v) is 2.93. The third kappa shape index (κ3) is 1.95. The summed E-state index contributed by atoms with van der Waals surface area (Å²) in [4.78, 5) is 2.44. The fraction of sp³-hybridized carbons (Fsp3) is 1.00. The molecule has 2 rings (SSSR count). The second-order valence-corrected chi connectivity index (χ2v) is 4.95. The van der Waals surface area contributed by atoms with Gasteiger partial charge in [-0.2, -0.15) is 0 Å². The van der Waals surface area contributed by atoms with Gasteiger partial charge in [0.25, 0.3) is 0 Å². The van der Waals surface area contributed by atoms with E-state index in [0.717, 1.165) is 19.4 Å². The molecule has 14 heavy (non-hydrogen) atoms. The van der Waals surface area contributed by atoms with Crippen molar-refractivity contribution in [2.45, 2.75) is 43.7 Å². The molecule has 2 fully saturated rings. The van der Waals surface area contributed by atoms with E-state index in [1.54, 1.807) is 0 Å². The van der Waals surface area contributed by atoms with E-state index >= 15 is 0 Å². The minimum atomic E-state index is 0.0449. The third-order valence-corrected chi connectivity index (χ3v) is 3.93. The van der Waals surface area contributed by atoms with Crippen LogP contribution in [-0.4, -0.2) is 48.3 Å². The van der Waals surface area contributed by atoms with Gasteiger partial charge in [-0.25, -0.2) is 0 Å². The Kier molecular flexibility index (Phi) is 3.10. The lowest BCUT2D eigenvalue weighted by Crippen LogP contribution is -2.47. The van der Waals surface area contributed by atoms with Gasteiger partial charge in [0.1, 0.15) is 0 Å². The molecule has 2 atom stereocenters. The molecule has 2 aliphatic heterocycles. The molecular weight excluding hydrogens is 176 g/mol. The largest absolute Gasteiger partial charge is 0.394 e. The van der Waals surface area contributed by atoms with Crippen molar-refractivity contribution < 1.29 is 5.11 Å². The predicted molar refractivity (Wildman–Crippen MR) is 57.3 cm³/mol. The summed E-state index contributed by atoms with van der Waals surface area (Å²) in [5.41, 5.74) is 0.0449. The molecular formula is C11H22N2O. The van der Waals surface area contributed by atoms with Gasteiger partial charge in [0.15, 0.2) is 0 Å². The highest BCUT2D eigenvalue weighted by molar-refractivity contribution is 4.97. The first-order valence-electron chi connectivity index (χ1n) is 5.82. The highest BCUT2D eigenvalue weighted by Crippen LogP contribution is 2.29. The molecule has 0 saturated carbocycles. The molecule has 0 aliphatic carbocycles. The Morgan fingerprint density at radius 1 is 1.50 bits per heavy atom. The Morgan fingerprint density at radius 3 is 2.86 bits per heavy atom. The van der Waals surface area contributed by atoms with Gasteiger partial charge in [-0.3, -0.25) is 0 Å². The molecule has 2 heterocycles. The summed E-state index contributed by atoms with van der Waals surface area (Å²) >= 11 is 0. The maximum atomic E-state index is 9.48. The van der Waals surface area contributed by atoms with E-state index in [-0.39, 0.29) is 5.54 Å². The summed E-state index contributed by atoms with van der Waals surface area (Å²) in [6, 6.07) is 0.688. The van der Waals surface area contributed by atoms with Gasteiger partial charge in [0.05, 0.1) is 6.61 Å². The molecule has 0 bridgehead atoms. The van der Waals surface area contributed by atoms with Gasteiger partial charge in [0.2, 0.25) is 0 Å². The molecule has 82 valence electrons. The van der Waals surface area contributed by atoms with Crippen LogP contribution < -0.4 is 5.32 Å². The highest BCUT2D eigenvalue weighted by atomic mass is 16.3.